The van der Waals surface area contributed by atoms with Crippen LogP contribution in [0.4, 0.5) is 0 Å². The number of aliphatic hydroxyl groups is 1. The summed E-state index contributed by atoms with van der Waals surface area (Å²) >= 11 is 0. The normalized spacial score (nSPS) is 24.4. The molecule has 3 atom stereocenters. The van der Waals surface area contributed by atoms with Crippen molar-refractivity contribution in [3.05, 3.63) is 0 Å². The molecule has 0 spiro atoms. The van der Waals surface area contributed by atoms with Gasteiger partial charge in [-0.2, -0.15) is 0 Å². The maximum Gasteiger partial charge on any atom is 0.305 e. The largest absolute Gasteiger partial charge is 0.466 e. The second kappa shape index (κ2) is 41.3. The Kier molecular flexibility index (Phi) is 37.9. The van der Waals surface area contributed by atoms with Crippen LogP contribution in [0.3, 0.4) is 0 Å². The third-order valence-corrected chi connectivity index (χ3v) is 14.7. The van der Waals surface area contributed by atoms with E-state index in [-0.39, 0.29) is 18.5 Å². The van der Waals surface area contributed by atoms with Crippen molar-refractivity contribution in [3.8, 4) is 0 Å². The molecule has 0 bridgehead atoms. The highest BCUT2D eigenvalue weighted by Gasteiger charge is 2.24. The van der Waals surface area contributed by atoms with Crippen molar-refractivity contribution in [2.24, 2.45) is 17.8 Å². The van der Waals surface area contributed by atoms with Gasteiger partial charge in [0.05, 0.1) is 19.8 Å². The number of ether oxygens (including phenoxy) is 2. The molecule has 1 aliphatic heterocycles. The molecule has 0 radical (unpaired) electrons. The second-order valence-electron chi connectivity index (χ2n) is 20.4. The van der Waals surface area contributed by atoms with E-state index in [0.29, 0.717) is 32.1 Å². The zero-order chi connectivity index (χ0) is 44.6. The van der Waals surface area contributed by atoms with Crippen molar-refractivity contribution in [3.63, 3.8) is 0 Å². The summed E-state index contributed by atoms with van der Waals surface area (Å²) in [5.41, 5.74) is 0. The lowest BCUT2D eigenvalue weighted by Gasteiger charge is -2.38. The molecule has 0 aromatic carbocycles. The molecular weight excluding hydrogens is 769 g/mol. The van der Waals surface area contributed by atoms with Gasteiger partial charge in [-0.05, 0) is 95.1 Å². The van der Waals surface area contributed by atoms with Gasteiger partial charge in [0, 0.05) is 38.5 Å². The fourth-order valence-electron chi connectivity index (χ4n) is 10.2. The van der Waals surface area contributed by atoms with Gasteiger partial charge < -0.3 is 19.5 Å². The van der Waals surface area contributed by atoms with Crippen LogP contribution in [0.15, 0.2) is 0 Å². The van der Waals surface area contributed by atoms with Gasteiger partial charge in [-0.1, -0.05) is 188 Å². The lowest BCUT2D eigenvalue weighted by Crippen LogP contribution is -2.45. The highest BCUT2D eigenvalue weighted by molar-refractivity contribution is 5.69. The molecule has 2 rings (SSSR count). The van der Waals surface area contributed by atoms with E-state index in [1.807, 2.05) is 0 Å². The molecule has 7 heteroatoms. The minimum absolute atomic E-state index is 0.0108. The predicted octanol–water partition coefficient (Wildman–Crippen LogP) is 14.8. The molecule has 7 nitrogen and oxygen atoms in total. The lowest BCUT2D eigenvalue weighted by molar-refractivity contribution is -0.144. The lowest BCUT2D eigenvalue weighted by atomic mass is 9.88. The molecule has 0 amide bonds. The van der Waals surface area contributed by atoms with Crippen LogP contribution in [0.5, 0.6) is 0 Å². The number of nitrogens with zero attached hydrogens (tertiary/aromatic N) is 2. The van der Waals surface area contributed by atoms with Gasteiger partial charge in [-0.15, -0.1) is 0 Å². The molecular formula is C55H106N2O5. The quantitative estimate of drug-likeness (QED) is 0.122. The summed E-state index contributed by atoms with van der Waals surface area (Å²) in [6.45, 7) is 13.4. The second-order valence-corrected chi connectivity index (χ2v) is 20.4. The topological polar surface area (TPSA) is 79.3 Å². The van der Waals surface area contributed by atoms with Crippen LogP contribution in [0.25, 0.3) is 0 Å². The van der Waals surface area contributed by atoms with Gasteiger partial charge in [0.25, 0.3) is 0 Å². The minimum Gasteiger partial charge on any atom is -0.466 e. The Labute approximate surface area is 385 Å². The maximum absolute atomic E-state index is 12.6. The average molecular weight is 875 g/mol. The van der Waals surface area contributed by atoms with Gasteiger partial charge in [-0.25, -0.2) is 0 Å². The van der Waals surface area contributed by atoms with Crippen molar-refractivity contribution in [2.75, 3.05) is 52.5 Å². The monoisotopic (exact) mass is 875 g/mol. The van der Waals surface area contributed by atoms with Crippen molar-refractivity contribution < 1.29 is 24.2 Å². The number of cyclic esters (lactones) is 2. The summed E-state index contributed by atoms with van der Waals surface area (Å²) in [5.74, 6) is 2.55. The number of unbranched alkanes of at least 4 members (excludes halogenated alkanes) is 6. The number of rotatable bonds is 16. The van der Waals surface area contributed by atoms with Gasteiger partial charge >= 0.3 is 11.9 Å². The molecule has 1 saturated heterocycles. The molecule has 1 heterocycles. The summed E-state index contributed by atoms with van der Waals surface area (Å²) in [7, 11) is 0. The Morgan fingerprint density at radius 1 is 0.516 bits per heavy atom. The Hall–Kier alpha value is -1.18. The SMILES string of the molecule is CCCCCCC1CCCCCC(=O)OCCCCCN(CCN(CCO)C2CCC2)CCCCCOC(=O)CCCCCC(CCCCCC)CCCCC(C)CCCCC1. The predicted molar refractivity (Wildman–Crippen MR) is 264 cm³/mol. The molecule has 2 fully saturated rings. The summed E-state index contributed by atoms with van der Waals surface area (Å²) in [6, 6.07) is 0.639. The summed E-state index contributed by atoms with van der Waals surface area (Å²) in [4.78, 5) is 30.3. The highest BCUT2D eigenvalue weighted by atomic mass is 16.5. The smallest absolute Gasteiger partial charge is 0.305 e. The highest BCUT2D eigenvalue weighted by Crippen LogP contribution is 2.28. The van der Waals surface area contributed by atoms with E-state index in [1.54, 1.807) is 0 Å². The molecule has 1 aliphatic carbocycles. The first-order valence-electron chi connectivity index (χ1n) is 27.8. The molecule has 2 aliphatic rings. The summed E-state index contributed by atoms with van der Waals surface area (Å²) in [5, 5.41) is 9.71. The van der Waals surface area contributed by atoms with Gasteiger partial charge in [0.15, 0.2) is 0 Å². The number of carbonyl (C=O) groups is 2. The summed E-state index contributed by atoms with van der Waals surface area (Å²) in [6.07, 6.45) is 46.8. The van der Waals surface area contributed by atoms with Crippen molar-refractivity contribution in [1.29, 1.82) is 0 Å². The van der Waals surface area contributed by atoms with E-state index in [9.17, 15) is 14.7 Å². The number of aliphatic hydroxyl groups excluding tert-OH is 1. The Morgan fingerprint density at radius 2 is 0.968 bits per heavy atom. The first kappa shape index (κ1) is 56.9. The maximum atomic E-state index is 12.6. The summed E-state index contributed by atoms with van der Waals surface area (Å²) < 4.78 is 11.4. The zero-order valence-electron chi connectivity index (χ0n) is 41.8. The Bertz CT molecular complexity index is 1010. The number of hydrogen-bond donors (Lipinski definition) is 1. The van der Waals surface area contributed by atoms with Gasteiger partial charge in [0.2, 0.25) is 0 Å². The van der Waals surface area contributed by atoms with Crippen LogP contribution in [0.2, 0.25) is 0 Å². The molecule has 1 saturated carbocycles. The van der Waals surface area contributed by atoms with E-state index >= 15 is 0 Å². The molecule has 1 N–H and O–H groups in total. The minimum atomic E-state index is -0.0109. The number of hydrogen-bond acceptors (Lipinski definition) is 7. The fourth-order valence-corrected chi connectivity index (χ4v) is 10.2. The average Bonchev–Trinajstić information content (AvgIpc) is 3.24. The standard InChI is InChI=1S/C55H106N2O5/c1-4-6-8-16-32-51-34-18-10-15-30-50(3)31-23-24-37-52(33-17-9-7-5-2)36-20-12-22-41-55(60)62-49-28-14-26-43-56(44-45-57(46-47-58)53-38-29-39-53)42-25-13-27-48-61-54(59)40-21-11-19-35-51/h50-53,58H,4-49H2,1-3H3. The van der Waals surface area contributed by atoms with E-state index in [4.69, 9.17) is 9.47 Å². The van der Waals surface area contributed by atoms with E-state index < -0.39 is 0 Å². The molecule has 0 aromatic rings. The van der Waals surface area contributed by atoms with Crippen LogP contribution in [-0.2, 0) is 19.1 Å². The zero-order valence-corrected chi connectivity index (χ0v) is 41.8. The molecule has 366 valence electrons. The van der Waals surface area contributed by atoms with Crippen LogP contribution in [-0.4, -0.2) is 85.4 Å². The van der Waals surface area contributed by atoms with Crippen LogP contribution >= 0.6 is 0 Å². The van der Waals surface area contributed by atoms with E-state index in [2.05, 4.69) is 30.6 Å². The van der Waals surface area contributed by atoms with E-state index in [1.165, 1.54) is 167 Å². The van der Waals surface area contributed by atoms with Crippen LogP contribution in [0.1, 0.15) is 265 Å². The van der Waals surface area contributed by atoms with Crippen molar-refractivity contribution in [2.45, 2.75) is 271 Å². The third kappa shape index (κ3) is 32.5. The first-order chi connectivity index (χ1) is 30.4. The van der Waals surface area contributed by atoms with Crippen LogP contribution in [0, 0.1) is 17.8 Å². The molecule has 0 aromatic heterocycles. The van der Waals surface area contributed by atoms with Crippen molar-refractivity contribution >= 4 is 11.9 Å². The molecule has 62 heavy (non-hydrogen) atoms. The first-order valence-corrected chi connectivity index (χ1v) is 27.8. The third-order valence-electron chi connectivity index (χ3n) is 14.7. The Balaban J connectivity index is 1.88. The Morgan fingerprint density at radius 3 is 1.44 bits per heavy atom. The number of esters is 2. The number of carbonyl (C=O) groups excluding carboxylic acids is 2. The fraction of sp³-hybridized carbons (Fsp3) is 0.964. The van der Waals surface area contributed by atoms with E-state index in [0.717, 1.165) is 115 Å². The van der Waals surface area contributed by atoms with Gasteiger partial charge in [0.1, 0.15) is 0 Å². The molecule has 3 unspecified atom stereocenters. The van der Waals surface area contributed by atoms with Crippen molar-refractivity contribution in [1.82, 2.24) is 9.80 Å². The van der Waals surface area contributed by atoms with Gasteiger partial charge in [-0.3, -0.25) is 14.5 Å². The van der Waals surface area contributed by atoms with Crippen LogP contribution < -0.4 is 0 Å².